The molecule has 0 unspecified atom stereocenters. The summed E-state index contributed by atoms with van der Waals surface area (Å²) in [4.78, 5) is 77.7. The Hall–Kier alpha value is -1.73. The van der Waals surface area contributed by atoms with E-state index in [-0.39, 0.29) is 19.4 Å². The smallest absolute Gasteiger partial charge is 0.369 e. The van der Waals surface area contributed by atoms with Gasteiger partial charge in [0.2, 0.25) is 18.2 Å². The number of anilines is 1. The van der Waals surface area contributed by atoms with Crippen molar-refractivity contribution in [3.63, 3.8) is 0 Å². The standard InChI is InChI=1S/C22H34Cl2N4O10P2/c23-8-12-27(13-9-24)17-5-3-16(4-6-17)14-18(26-15-29)21(31)28-11-1-2-19(28)20(30)25-10-7-22(32,39(33,34)35)40(36,37)38/h3-6,15,18-19,32H,1-2,7-14H2,(H,25,30)(H,26,29)(H2,33,34,35)(H2,36,37,38)/t18-,19-/m0/s1. The second-order valence-electron chi connectivity index (χ2n) is 9.17. The molecule has 2 atom stereocenters. The lowest BCUT2D eigenvalue weighted by Crippen LogP contribution is -2.53. The summed E-state index contributed by atoms with van der Waals surface area (Å²) in [6, 6.07) is 5.31. The number of halogens is 2. The van der Waals surface area contributed by atoms with E-state index in [1.54, 1.807) is 12.1 Å². The number of rotatable bonds is 16. The average molecular weight is 647 g/mol. The van der Waals surface area contributed by atoms with Gasteiger partial charge in [0.05, 0.1) is 0 Å². The van der Waals surface area contributed by atoms with Crippen LogP contribution in [-0.4, -0.2) is 103 Å². The number of alkyl halides is 2. The molecular weight excluding hydrogens is 613 g/mol. The van der Waals surface area contributed by atoms with Crippen LogP contribution in [0, 0.1) is 0 Å². The van der Waals surface area contributed by atoms with E-state index in [1.165, 1.54) is 4.90 Å². The third-order valence-corrected chi connectivity index (χ3v) is 10.8. The maximum Gasteiger partial charge on any atom is 0.369 e. The third-order valence-electron chi connectivity index (χ3n) is 6.55. The summed E-state index contributed by atoms with van der Waals surface area (Å²) < 4.78 is 23.0. The number of benzene rings is 1. The Morgan fingerprint density at radius 3 is 2.17 bits per heavy atom. The van der Waals surface area contributed by atoms with E-state index in [2.05, 4.69) is 10.6 Å². The van der Waals surface area contributed by atoms with Gasteiger partial charge in [-0.25, -0.2) is 0 Å². The molecule has 0 aromatic heterocycles. The fourth-order valence-corrected chi connectivity index (χ4v) is 6.96. The van der Waals surface area contributed by atoms with Crippen molar-refractivity contribution in [3.05, 3.63) is 29.8 Å². The Morgan fingerprint density at radius 2 is 1.68 bits per heavy atom. The van der Waals surface area contributed by atoms with Crippen LogP contribution in [0.2, 0.25) is 0 Å². The zero-order valence-electron chi connectivity index (χ0n) is 21.4. The second kappa shape index (κ2) is 14.9. The van der Waals surface area contributed by atoms with E-state index >= 15 is 0 Å². The molecule has 0 saturated carbocycles. The molecule has 1 aliphatic rings. The Labute approximate surface area is 241 Å². The van der Waals surface area contributed by atoms with Gasteiger partial charge in [0, 0.05) is 56.5 Å². The highest BCUT2D eigenvalue weighted by atomic mass is 35.5. The molecule has 1 saturated heterocycles. The summed E-state index contributed by atoms with van der Waals surface area (Å²) in [7, 11) is -11.3. The molecular formula is C22H34Cl2N4O10P2. The molecule has 14 nitrogen and oxygen atoms in total. The first-order valence-corrected chi connectivity index (χ1v) is 16.6. The van der Waals surface area contributed by atoms with Gasteiger partial charge in [-0.3, -0.25) is 23.5 Å². The number of nitrogens with one attached hydrogen (secondary N) is 2. The highest BCUT2D eigenvalue weighted by molar-refractivity contribution is 7.72. The van der Waals surface area contributed by atoms with Crippen LogP contribution < -0.4 is 15.5 Å². The summed E-state index contributed by atoms with van der Waals surface area (Å²) in [6.45, 7) is 0.708. The molecule has 1 heterocycles. The first-order chi connectivity index (χ1) is 18.7. The number of nitrogens with zero attached hydrogens (tertiary/aromatic N) is 2. The van der Waals surface area contributed by atoms with E-state index in [0.717, 1.165) is 11.3 Å². The fraction of sp³-hybridized carbons (Fsp3) is 0.591. The van der Waals surface area contributed by atoms with E-state index < -0.39 is 57.1 Å². The fourth-order valence-electron chi connectivity index (χ4n) is 4.39. The molecule has 3 amide bonds. The largest absolute Gasteiger partial charge is 0.369 e. The second-order valence-corrected chi connectivity index (χ2v) is 13.9. The molecule has 0 radical (unpaired) electrons. The van der Waals surface area contributed by atoms with Crippen molar-refractivity contribution in [2.24, 2.45) is 0 Å². The topological polar surface area (TPSA) is 217 Å². The van der Waals surface area contributed by atoms with E-state index in [9.17, 15) is 48.2 Å². The van der Waals surface area contributed by atoms with Crippen molar-refractivity contribution in [2.75, 3.05) is 42.8 Å². The van der Waals surface area contributed by atoms with Gasteiger partial charge in [-0.1, -0.05) is 12.1 Å². The minimum atomic E-state index is -5.67. The Balaban J connectivity index is 2.09. The van der Waals surface area contributed by atoms with Crippen molar-refractivity contribution in [1.29, 1.82) is 0 Å². The third kappa shape index (κ3) is 8.64. The van der Waals surface area contributed by atoms with Gasteiger partial charge in [-0.2, -0.15) is 0 Å². The SMILES string of the molecule is O=CN[C@@H](Cc1ccc(N(CCCl)CCCl)cc1)C(=O)N1CCC[C@H]1C(=O)NCCC(O)(P(=O)(O)O)P(=O)(O)O. The van der Waals surface area contributed by atoms with Gasteiger partial charge in [0.1, 0.15) is 12.1 Å². The number of hydrogen-bond donors (Lipinski definition) is 7. The zero-order valence-corrected chi connectivity index (χ0v) is 24.7. The van der Waals surface area contributed by atoms with Crippen LogP contribution in [0.15, 0.2) is 24.3 Å². The molecule has 1 aromatic rings. The van der Waals surface area contributed by atoms with Crippen molar-refractivity contribution in [3.8, 4) is 0 Å². The average Bonchev–Trinajstić information content (AvgIpc) is 3.37. The van der Waals surface area contributed by atoms with Gasteiger partial charge in [-0.15, -0.1) is 23.2 Å². The van der Waals surface area contributed by atoms with E-state index in [4.69, 9.17) is 23.2 Å². The predicted octanol–water partition coefficient (Wildman–Crippen LogP) is 0.127. The zero-order chi connectivity index (χ0) is 30.1. The summed E-state index contributed by atoms with van der Waals surface area (Å²) in [5, 5.41) is 11.1. The van der Waals surface area contributed by atoms with Crippen molar-refractivity contribution < 1.29 is 48.2 Å². The number of amides is 3. The molecule has 7 N–H and O–H groups in total. The van der Waals surface area contributed by atoms with Crippen molar-refractivity contribution in [2.45, 2.75) is 42.9 Å². The van der Waals surface area contributed by atoms with Gasteiger partial charge in [0.25, 0.3) is 5.08 Å². The molecule has 1 aromatic carbocycles. The van der Waals surface area contributed by atoms with Crippen molar-refractivity contribution in [1.82, 2.24) is 15.5 Å². The van der Waals surface area contributed by atoms with Crippen LogP contribution in [0.5, 0.6) is 0 Å². The molecule has 1 aliphatic heterocycles. The predicted molar refractivity (Wildman–Crippen MR) is 148 cm³/mol. The lowest BCUT2D eigenvalue weighted by atomic mass is 10.0. The molecule has 2 rings (SSSR count). The number of hydrogen-bond acceptors (Lipinski definition) is 7. The number of carbonyl (C=O) groups is 3. The van der Waals surface area contributed by atoms with E-state index in [0.29, 0.717) is 37.7 Å². The highest BCUT2D eigenvalue weighted by Gasteiger charge is 2.58. The summed E-state index contributed by atoms with van der Waals surface area (Å²) in [5.74, 6) is -0.437. The van der Waals surface area contributed by atoms with E-state index in [1.807, 2.05) is 17.0 Å². The summed E-state index contributed by atoms with van der Waals surface area (Å²) in [6.07, 6.45) is 0.0874. The minimum Gasteiger partial charge on any atom is -0.369 e. The van der Waals surface area contributed by atoms with Gasteiger partial charge >= 0.3 is 15.2 Å². The Bertz CT molecular complexity index is 1090. The normalized spacial score (nSPS) is 16.9. The van der Waals surface area contributed by atoms with Crippen LogP contribution in [0.25, 0.3) is 0 Å². The highest BCUT2D eigenvalue weighted by Crippen LogP contribution is 2.68. The number of likely N-dealkylation sites (tertiary alicyclic amines) is 1. The van der Waals surface area contributed by atoms with Crippen LogP contribution in [0.1, 0.15) is 24.8 Å². The molecule has 1 fully saturated rings. The maximum absolute atomic E-state index is 13.3. The Morgan fingerprint density at radius 1 is 1.10 bits per heavy atom. The number of aliphatic hydroxyl groups is 1. The number of carbonyl (C=O) groups excluding carboxylic acids is 3. The summed E-state index contributed by atoms with van der Waals surface area (Å²) in [5.41, 5.74) is 1.62. The minimum absolute atomic E-state index is 0.130. The molecule has 40 heavy (non-hydrogen) atoms. The molecule has 0 bridgehead atoms. The molecule has 18 heteroatoms. The lowest BCUT2D eigenvalue weighted by molar-refractivity contribution is -0.140. The first kappa shape index (κ1) is 34.5. The first-order valence-electron chi connectivity index (χ1n) is 12.3. The quantitative estimate of drug-likeness (QED) is 0.0727. The van der Waals surface area contributed by atoms with Crippen LogP contribution in [0.4, 0.5) is 5.69 Å². The van der Waals surface area contributed by atoms with Crippen LogP contribution in [-0.2, 0) is 29.9 Å². The van der Waals surface area contributed by atoms with Crippen molar-refractivity contribution >= 4 is 62.3 Å². The Kier molecular flexibility index (Phi) is 12.9. The van der Waals surface area contributed by atoms with Gasteiger partial charge < -0.3 is 45.1 Å². The molecule has 226 valence electrons. The van der Waals surface area contributed by atoms with Gasteiger partial charge in [-0.05, 0) is 30.5 Å². The van der Waals surface area contributed by atoms with Crippen LogP contribution in [0.3, 0.4) is 0 Å². The monoisotopic (exact) mass is 646 g/mol. The molecule has 0 spiro atoms. The summed E-state index contributed by atoms with van der Waals surface area (Å²) >= 11 is 11.7. The maximum atomic E-state index is 13.3. The van der Waals surface area contributed by atoms with Gasteiger partial charge in [0.15, 0.2) is 0 Å². The molecule has 0 aliphatic carbocycles. The van der Waals surface area contributed by atoms with Crippen LogP contribution >= 0.6 is 38.4 Å². The lowest BCUT2D eigenvalue weighted by Gasteiger charge is -2.30.